The van der Waals surface area contributed by atoms with E-state index in [-0.39, 0.29) is 33.1 Å². The summed E-state index contributed by atoms with van der Waals surface area (Å²) >= 11 is 6.98. The van der Waals surface area contributed by atoms with Crippen LogP contribution in [0, 0.1) is 11.3 Å². The number of benzene rings is 3. The highest BCUT2D eigenvalue weighted by molar-refractivity contribution is 7.93. The van der Waals surface area contributed by atoms with E-state index in [2.05, 4.69) is 24.9 Å². The SMILES string of the molecule is N#CCc1ccc(NC(=O)c2cc(Cl)ccc2NS(=O)(=O)c2cccc3nsnc23)cc1. The molecule has 0 radical (unpaired) electrons. The molecule has 0 aliphatic heterocycles. The predicted octanol–water partition coefficient (Wildman–Crippen LogP) is 4.46. The first-order chi connectivity index (χ1) is 15.4. The van der Waals surface area contributed by atoms with Crippen molar-refractivity contribution in [2.45, 2.75) is 11.3 Å². The Hall–Kier alpha value is -3.52. The van der Waals surface area contributed by atoms with Gasteiger partial charge in [-0.3, -0.25) is 9.52 Å². The van der Waals surface area contributed by atoms with E-state index in [0.717, 1.165) is 17.3 Å². The minimum atomic E-state index is -4.06. The second kappa shape index (κ2) is 8.92. The number of hydrogen-bond donors (Lipinski definition) is 2. The van der Waals surface area contributed by atoms with Gasteiger partial charge in [-0.15, -0.1) is 0 Å². The minimum Gasteiger partial charge on any atom is -0.322 e. The highest BCUT2D eigenvalue weighted by atomic mass is 35.5. The number of halogens is 1. The normalized spacial score (nSPS) is 11.1. The van der Waals surface area contributed by atoms with Crippen molar-refractivity contribution < 1.29 is 13.2 Å². The third kappa shape index (κ3) is 4.55. The van der Waals surface area contributed by atoms with Gasteiger partial charge in [-0.05, 0) is 48.0 Å². The van der Waals surface area contributed by atoms with E-state index < -0.39 is 15.9 Å². The number of carbonyl (C=O) groups is 1. The maximum atomic E-state index is 13.1. The van der Waals surface area contributed by atoms with Gasteiger partial charge < -0.3 is 5.32 Å². The Morgan fingerprint density at radius 1 is 1.09 bits per heavy atom. The van der Waals surface area contributed by atoms with Gasteiger partial charge in [-0.2, -0.15) is 14.0 Å². The smallest absolute Gasteiger partial charge is 0.264 e. The minimum absolute atomic E-state index is 0.0434. The molecule has 0 saturated heterocycles. The Morgan fingerprint density at radius 3 is 2.62 bits per heavy atom. The van der Waals surface area contributed by atoms with E-state index in [1.165, 1.54) is 24.3 Å². The van der Waals surface area contributed by atoms with Gasteiger partial charge in [0.25, 0.3) is 15.9 Å². The molecular weight excluding hydrogens is 470 g/mol. The first-order valence-corrected chi connectivity index (χ1v) is 11.8. The quantitative estimate of drug-likeness (QED) is 0.417. The summed E-state index contributed by atoms with van der Waals surface area (Å²) in [6, 6.07) is 17.8. The maximum absolute atomic E-state index is 13.1. The number of nitrogens with zero attached hydrogens (tertiary/aromatic N) is 3. The van der Waals surface area contributed by atoms with Crippen molar-refractivity contribution >= 4 is 61.7 Å². The lowest BCUT2D eigenvalue weighted by Gasteiger charge is -2.14. The molecule has 3 aromatic carbocycles. The second-order valence-corrected chi connectivity index (χ2v) is 9.29. The van der Waals surface area contributed by atoms with Gasteiger partial charge in [-0.1, -0.05) is 29.8 Å². The Morgan fingerprint density at radius 2 is 1.88 bits per heavy atom. The summed E-state index contributed by atoms with van der Waals surface area (Å²) in [4.78, 5) is 12.9. The standard InChI is InChI=1S/C21H14ClN5O3S2/c22-14-6-9-17(27-32(29,30)19-3-1-2-18-20(19)26-31-25-18)16(12-14)21(28)24-15-7-4-13(5-8-15)10-11-23/h1-9,12,27H,10H2,(H,24,28). The van der Waals surface area contributed by atoms with E-state index in [4.69, 9.17) is 16.9 Å². The summed E-state index contributed by atoms with van der Waals surface area (Å²) in [5.41, 5.74) is 2.13. The molecule has 1 heterocycles. The number of nitriles is 1. The molecule has 2 N–H and O–H groups in total. The van der Waals surface area contributed by atoms with Crippen LogP contribution in [-0.4, -0.2) is 23.1 Å². The first-order valence-electron chi connectivity index (χ1n) is 9.18. The van der Waals surface area contributed by atoms with Crippen LogP contribution in [0.25, 0.3) is 11.0 Å². The van der Waals surface area contributed by atoms with Gasteiger partial charge in [0.05, 0.1) is 35.5 Å². The van der Waals surface area contributed by atoms with Crippen molar-refractivity contribution in [3.8, 4) is 6.07 Å². The number of amides is 1. The van der Waals surface area contributed by atoms with Crippen molar-refractivity contribution in [1.29, 1.82) is 5.26 Å². The van der Waals surface area contributed by atoms with Gasteiger partial charge >= 0.3 is 0 Å². The monoisotopic (exact) mass is 483 g/mol. The number of aromatic nitrogens is 2. The van der Waals surface area contributed by atoms with E-state index in [1.54, 1.807) is 36.4 Å². The Labute approximate surface area is 192 Å². The molecule has 0 bridgehead atoms. The molecule has 0 aliphatic carbocycles. The molecule has 4 rings (SSSR count). The zero-order chi connectivity index (χ0) is 22.7. The second-order valence-electron chi connectivity index (χ2n) is 6.67. The third-order valence-corrected chi connectivity index (χ3v) is 6.68. The first kappa shape index (κ1) is 21.7. The van der Waals surface area contributed by atoms with Crippen LogP contribution in [-0.2, 0) is 16.4 Å². The molecule has 0 unspecified atom stereocenters. The molecule has 0 aliphatic rings. The van der Waals surface area contributed by atoms with Gasteiger partial charge in [0.1, 0.15) is 15.9 Å². The summed E-state index contributed by atoms with van der Waals surface area (Å²) in [6.07, 6.45) is 0.260. The molecule has 4 aromatic rings. The van der Waals surface area contributed by atoms with E-state index in [0.29, 0.717) is 11.2 Å². The number of rotatable bonds is 6. The summed E-state index contributed by atoms with van der Waals surface area (Å²) in [5.74, 6) is -0.549. The van der Waals surface area contributed by atoms with Crippen molar-refractivity contribution in [2.24, 2.45) is 0 Å². The molecule has 8 nitrogen and oxygen atoms in total. The number of fused-ring (bicyclic) bond motifs is 1. The molecule has 0 atom stereocenters. The lowest BCUT2D eigenvalue weighted by molar-refractivity contribution is 0.102. The molecule has 1 aromatic heterocycles. The van der Waals surface area contributed by atoms with E-state index in [1.807, 2.05) is 0 Å². The Balaban J connectivity index is 1.64. The van der Waals surface area contributed by atoms with Crippen LogP contribution in [0.4, 0.5) is 11.4 Å². The van der Waals surface area contributed by atoms with Crippen LogP contribution in [0.5, 0.6) is 0 Å². The zero-order valence-corrected chi connectivity index (χ0v) is 18.6. The number of carbonyl (C=O) groups excluding carboxylic acids is 1. The van der Waals surface area contributed by atoms with Gasteiger partial charge in [-0.25, -0.2) is 8.42 Å². The van der Waals surface area contributed by atoms with Gasteiger partial charge in [0.15, 0.2) is 0 Å². The van der Waals surface area contributed by atoms with E-state index in [9.17, 15) is 13.2 Å². The summed E-state index contributed by atoms with van der Waals surface area (Å²) in [5, 5.41) is 11.7. The Kier molecular flexibility index (Phi) is 6.05. The lowest BCUT2D eigenvalue weighted by atomic mass is 10.1. The summed E-state index contributed by atoms with van der Waals surface area (Å²) in [7, 11) is -4.06. The number of hydrogen-bond acceptors (Lipinski definition) is 7. The fourth-order valence-corrected chi connectivity index (χ4v) is 5.01. The molecule has 32 heavy (non-hydrogen) atoms. The largest absolute Gasteiger partial charge is 0.322 e. The third-order valence-electron chi connectivity index (χ3n) is 4.50. The highest BCUT2D eigenvalue weighted by Gasteiger charge is 2.23. The average molecular weight is 484 g/mol. The topological polar surface area (TPSA) is 125 Å². The van der Waals surface area contributed by atoms with Crippen LogP contribution in [0.15, 0.2) is 65.6 Å². The van der Waals surface area contributed by atoms with Crippen molar-refractivity contribution in [3.05, 3.63) is 76.8 Å². The summed E-state index contributed by atoms with van der Waals surface area (Å²) < 4.78 is 36.7. The van der Waals surface area contributed by atoms with Crippen LogP contribution < -0.4 is 10.0 Å². The zero-order valence-electron chi connectivity index (χ0n) is 16.2. The van der Waals surface area contributed by atoms with Gasteiger partial charge in [0, 0.05) is 10.7 Å². The van der Waals surface area contributed by atoms with Crippen molar-refractivity contribution in [3.63, 3.8) is 0 Å². The van der Waals surface area contributed by atoms with Crippen LogP contribution in [0.1, 0.15) is 15.9 Å². The lowest BCUT2D eigenvalue weighted by Crippen LogP contribution is -2.19. The molecule has 160 valence electrons. The highest BCUT2D eigenvalue weighted by Crippen LogP contribution is 2.27. The number of anilines is 2. The van der Waals surface area contributed by atoms with Crippen LogP contribution >= 0.6 is 23.3 Å². The predicted molar refractivity (Wildman–Crippen MR) is 123 cm³/mol. The fraction of sp³-hybridized carbons (Fsp3) is 0.0476. The molecular formula is C21H14ClN5O3S2. The molecule has 1 amide bonds. The van der Waals surface area contributed by atoms with Crippen LogP contribution in [0.3, 0.4) is 0 Å². The van der Waals surface area contributed by atoms with Gasteiger partial charge in [0.2, 0.25) is 0 Å². The molecule has 0 fully saturated rings. The average Bonchev–Trinajstić information content (AvgIpc) is 3.25. The molecule has 11 heteroatoms. The molecule has 0 spiro atoms. The molecule has 0 saturated carbocycles. The fourth-order valence-electron chi connectivity index (χ4n) is 2.99. The van der Waals surface area contributed by atoms with E-state index >= 15 is 0 Å². The van der Waals surface area contributed by atoms with Crippen LogP contribution in [0.2, 0.25) is 5.02 Å². The Bertz CT molecular complexity index is 1460. The maximum Gasteiger partial charge on any atom is 0.264 e. The summed E-state index contributed by atoms with van der Waals surface area (Å²) in [6.45, 7) is 0. The number of sulfonamides is 1. The van der Waals surface area contributed by atoms with Crippen molar-refractivity contribution in [2.75, 3.05) is 10.0 Å². The number of nitrogens with one attached hydrogen (secondary N) is 2. The van der Waals surface area contributed by atoms with Crippen molar-refractivity contribution in [1.82, 2.24) is 8.75 Å².